The Kier molecular flexibility index (Phi) is 4.53. The Hall–Kier alpha value is -3.31. The Balaban J connectivity index is 1.61. The summed E-state index contributed by atoms with van der Waals surface area (Å²) in [7, 11) is 0. The summed E-state index contributed by atoms with van der Waals surface area (Å²) in [5.74, 6) is 0.688. The van der Waals surface area contributed by atoms with Crippen LogP contribution in [0.1, 0.15) is 5.56 Å². The smallest absolute Gasteiger partial charge is 0.216 e. The van der Waals surface area contributed by atoms with Crippen LogP contribution in [-0.2, 0) is 0 Å². The Bertz CT molecular complexity index is 1080. The number of H-pyrrole nitrogens is 1. The van der Waals surface area contributed by atoms with Crippen LogP contribution in [0.2, 0.25) is 0 Å². The zero-order valence-corrected chi connectivity index (χ0v) is 14.7. The first-order valence-corrected chi connectivity index (χ1v) is 8.65. The van der Waals surface area contributed by atoms with Gasteiger partial charge in [-0.25, -0.2) is 5.10 Å². The van der Waals surface area contributed by atoms with E-state index >= 15 is 0 Å². The molecule has 0 saturated heterocycles. The molecule has 4 nitrogen and oxygen atoms in total. The molecule has 126 valence electrons. The number of nitrogens with zero attached hydrogens (tertiary/aromatic N) is 3. The van der Waals surface area contributed by atoms with Gasteiger partial charge in [0, 0.05) is 5.56 Å². The van der Waals surface area contributed by atoms with Crippen LogP contribution in [0.15, 0.2) is 90.0 Å². The van der Waals surface area contributed by atoms with Crippen LogP contribution >= 0.6 is 12.2 Å². The van der Waals surface area contributed by atoms with Gasteiger partial charge in [0.05, 0.1) is 6.21 Å². The molecule has 4 rings (SSSR count). The molecule has 0 aliphatic rings. The zero-order chi connectivity index (χ0) is 17.8. The maximum atomic E-state index is 5.30. The lowest BCUT2D eigenvalue weighted by Crippen LogP contribution is -1.95. The molecule has 0 fully saturated rings. The van der Waals surface area contributed by atoms with Crippen LogP contribution in [0.5, 0.6) is 0 Å². The molecule has 1 N–H and O–H groups in total. The molecule has 1 aromatic heterocycles. The number of nitrogens with one attached hydrogen (secondary N) is 1. The Labute approximate surface area is 156 Å². The molecule has 0 amide bonds. The van der Waals surface area contributed by atoms with Crippen LogP contribution in [0.25, 0.3) is 22.5 Å². The average molecular weight is 356 g/mol. The molecule has 5 heteroatoms. The first-order chi connectivity index (χ1) is 12.8. The Morgan fingerprint density at radius 1 is 0.769 bits per heavy atom. The molecule has 0 bridgehead atoms. The highest BCUT2D eigenvalue weighted by Gasteiger charge is 2.07. The highest BCUT2D eigenvalue weighted by Crippen LogP contribution is 2.19. The fourth-order valence-corrected chi connectivity index (χ4v) is 2.87. The van der Waals surface area contributed by atoms with Gasteiger partial charge in [0.1, 0.15) is 0 Å². The first-order valence-electron chi connectivity index (χ1n) is 8.24. The molecule has 0 aliphatic heterocycles. The second-order valence-electron chi connectivity index (χ2n) is 5.76. The van der Waals surface area contributed by atoms with E-state index in [-0.39, 0.29) is 0 Å². The molecule has 4 aromatic rings. The minimum Gasteiger partial charge on any atom is -0.250 e. The van der Waals surface area contributed by atoms with Crippen molar-refractivity contribution in [2.24, 2.45) is 5.10 Å². The summed E-state index contributed by atoms with van der Waals surface area (Å²) in [4.78, 5) is 0. The first kappa shape index (κ1) is 16.2. The summed E-state index contributed by atoms with van der Waals surface area (Å²) >= 11 is 5.30. The lowest BCUT2D eigenvalue weighted by molar-refractivity contribution is 0.871. The summed E-state index contributed by atoms with van der Waals surface area (Å²) < 4.78 is 2.09. The van der Waals surface area contributed by atoms with Gasteiger partial charge in [-0.1, -0.05) is 84.9 Å². The molecule has 0 unspecified atom stereocenters. The summed E-state index contributed by atoms with van der Waals surface area (Å²) in [6.45, 7) is 0. The van der Waals surface area contributed by atoms with Crippen LogP contribution in [0.3, 0.4) is 0 Å². The van der Waals surface area contributed by atoms with E-state index in [2.05, 4.69) is 39.6 Å². The number of aromatic nitrogens is 3. The number of benzene rings is 3. The fourth-order valence-electron chi connectivity index (χ4n) is 2.69. The molecule has 1 heterocycles. The predicted molar refractivity (Wildman–Crippen MR) is 108 cm³/mol. The van der Waals surface area contributed by atoms with Crippen LogP contribution in [-0.4, -0.2) is 21.1 Å². The van der Waals surface area contributed by atoms with Gasteiger partial charge < -0.3 is 0 Å². The van der Waals surface area contributed by atoms with Crippen molar-refractivity contribution in [3.8, 4) is 22.5 Å². The molecular formula is C21H16N4S. The molecule has 0 atom stereocenters. The van der Waals surface area contributed by atoms with E-state index in [4.69, 9.17) is 12.2 Å². The van der Waals surface area contributed by atoms with Gasteiger partial charge in [-0.15, -0.1) is 0 Å². The molecule has 0 spiro atoms. The average Bonchev–Trinajstić information content (AvgIpc) is 3.08. The van der Waals surface area contributed by atoms with Crippen molar-refractivity contribution in [1.82, 2.24) is 14.9 Å². The lowest BCUT2D eigenvalue weighted by atomic mass is 10.0. The van der Waals surface area contributed by atoms with E-state index in [1.807, 2.05) is 60.7 Å². The van der Waals surface area contributed by atoms with Crippen molar-refractivity contribution in [1.29, 1.82) is 0 Å². The third-order valence-electron chi connectivity index (χ3n) is 4.02. The summed E-state index contributed by atoms with van der Waals surface area (Å²) in [5, 5.41) is 11.6. The van der Waals surface area contributed by atoms with Gasteiger partial charge in [0.15, 0.2) is 5.82 Å². The maximum absolute atomic E-state index is 5.30. The lowest BCUT2D eigenvalue weighted by Gasteiger charge is -2.02. The molecule has 3 aromatic carbocycles. The van der Waals surface area contributed by atoms with Crippen LogP contribution < -0.4 is 0 Å². The maximum Gasteiger partial charge on any atom is 0.216 e. The monoisotopic (exact) mass is 356 g/mol. The van der Waals surface area contributed by atoms with E-state index in [1.54, 1.807) is 10.9 Å². The van der Waals surface area contributed by atoms with Gasteiger partial charge in [-0.3, -0.25) is 0 Å². The van der Waals surface area contributed by atoms with Gasteiger partial charge in [0.25, 0.3) is 0 Å². The normalized spacial score (nSPS) is 11.1. The highest BCUT2D eigenvalue weighted by molar-refractivity contribution is 7.71. The zero-order valence-electron chi connectivity index (χ0n) is 13.9. The van der Waals surface area contributed by atoms with E-state index < -0.39 is 0 Å². The van der Waals surface area contributed by atoms with Crippen molar-refractivity contribution >= 4 is 18.4 Å². The predicted octanol–water partition coefficient (Wildman–Crippen LogP) is 5.16. The highest BCUT2D eigenvalue weighted by atomic mass is 32.1. The van der Waals surface area contributed by atoms with E-state index in [0.717, 1.165) is 11.1 Å². The number of hydrogen-bond acceptors (Lipinski definition) is 3. The van der Waals surface area contributed by atoms with E-state index in [1.165, 1.54) is 11.1 Å². The van der Waals surface area contributed by atoms with Gasteiger partial charge in [-0.2, -0.15) is 14.9 Å². The van der Waals surface area contributed by atoms with E-state index in [0.29, 0.717) is 10.6 Å². The number of rotatable bonds is 4. The molecule has 26 heavy (non-hydrogen) atoms. The summed E-state index contributed by atoms with van der Waals surface area (Å²) in [6.07, 6.45) is 1.78. The second-order valence-corrected chi connectivity index (χ2v) is 6.15. The molecular weight excluding hydrogens is 340 g/mol. The third-order valence-corrected chi connectivity index (χ3v) is 4.29. The molecule has 0 saturated carbocycles. The van der Waals surface area contributed by atoms with Crippen molar-refractivity contribution in [3.63, 3.8) is 0 Å². The molecule has 0 aliphatic carbocycles. The summed E-state index contributed by atoms with van der Waals surface area (Å²) in [6, 6.07) is 28.4. The minimum atomic E-state index is 0.459. The Morgan fingerprint density at radius 3 is 2.00 bits per heavy atom. The minimum absolute atomic E-state index is 0.459. The van der Waals surface area contributed by atoms with Gasteiger partial charge >= 0.3 is 0 Å². The fraction of sp³-hybridized carbons (Fsp3) is 0. The van der Waals surface area contributed by atoms with Crippen molar-refractivity contribution in [3.05, 3.63) is 95.3 Å². The van der Waals surface area contributed by atoms with E-state index in [9.17, 15) is 0 Å². The quantitative estimate of drug-likeness (QED) is 0.406. The summed E-state index contributed by atoms with van der Waals surface area (Å²) in [5.41, 5.74) is 4.32. The Morgan fingerprint density at radius 2 is 1.35 bits per heavy atom. The largest absolute Gasteiger partial charge is 0.250 e. The second kappa shape index (κ2) is 7.29. The number of aromatic amines is 1. The standard InChI is InChI=1S/C21H16N4S/c26-21-24-23-20(19-9-5-2-6-10-19)25(21)22-15-16-11-13-18(14-12-16)17-7-3-1-4-8-17/h1-15H,(H,24,26). The van der Waals surface area contributed by atoms with Crippen molar-refractivity contribution < 1.29 is 0 Å². The topological polar surface area (TPSA) is 46.0 Å². The van der Waals surface area contributed by atoms with Crippen LogP contribution in [0.4, 0.5) is 0 Å². The SMILES string of the molecule is S=c1[nH]nc(-c2ccccc2)n1N=Cc1ccc(-c2ccccc2)cc1. The third kappa shape index (κ3) is 3.38. The van der Waals surface area contributed by atoms with Crippen molar-refractivity contribution in [2.75, 3.05) is 0 Å². The van der Waals surface area contributed by atoms with Crippen molar-refractivity contribution in [2.45, 2.75) is 0 Å². The molecule has 0 radical (unpaired) electrons. The van der Waals surface area contributed by atoms with Gasteiger partial charge in [-0.05, 0) is 28.9 Å². The van der Waals surface area contributed by atoms with Crippen LogP contribution in [0, 0.1) is 4.77 Å². The van der Waals surface area contributed by atoms with Gasteiger partial charge in [0.2, 0.25) is 4.77 Å². The number of hydrogen-bond donors (Lipinski definition) is 1.